The summed E-state index contributed by atoms with van der Waals surface area (Å²) in [5, 5.41) is 13.4. The van der Waals surface area contributed by atoms with E-state index in [0.717, 1.165) is 37.9 Å². The predicted molar refractivity (Wildman–Crippen MR) is 86.9 cm³/mol. The summed E-state index contributed by atoms with van der Waals surface area (Å²) in [5.41, 5.74) is 6.87. The van der Waals surface area contributed by atoms with Crippen molar-refractivity contribution in [2.45, 2.75) is 51.5 Å². The lowest BCUT2D eigenvalue weighted by Gasteiger charge is -2.26. The summed E-state index contributed by atoms with van der Waals surface area (Å²) in [7, 11) is 0. The highest BCUT2D eigenvalue weighted by Crippen LogP contribution is 2.30. The van der Waals surface area contributed by atoms with Crippen molar-refractivity contribution in [3.63, 3.8) is 0 Å². The van der Waals surface area contributed by atoms with Crippen molar-refractivity contribution in [3.05, 3.63) is 18.2 Å². The normalized spacial score (nSPS) is 22.0. The van der Waals surface area contributed by atoms with Crippen molar-refractivity contribution >= 4 is 5.69 Å². The van der Waals surface area contributed by atoms with Crippen LogP contribution < -0.4 is 15.8 Å². The fourth-order valence-electron chi connectivity index (χ4n) is 2.73. The number of rotatable bonds is 7. The zero-order chi connectivity index (χ0) is 15.1. The van der Waals surface area contributed by atoms with Crippen LogP contribution in [-0.4, -0.2) is 24.3 Å². The molecule has 0 heterocycles. The molecule has 0 radical (unpaired) electrons. The van der Waals surface area contributed by atoms with Gasteiger partial charge in [0.25, 0.3) is 0 Å². The summed E-state index contributed by atoms with van der Waals surface area (Å²) >= 11 is 0. The lowest BCUT2D eigenvalue weighted by Crippen LogP contribution is -2.29. The average molecular weight is 292 g/mol. The van der Waals surface area contributed by atoms with Crippen LogP contribution in [0.1, 0.15) is 45.4 Å². The molecule has 0 saturated heterocycles. The quantitative estimate of drug-likeness (QED) is 0.673. The van der Waals surface area contributed by atoms with Gasteiger partial charge < -0.3 is 20.9 Å². The largest absolute Gasteiger partial charge is 0.504 e. The minimum atomic E-state index is 0.210. The molecule has 0 spiro atoms. The van der Waals surface area contributed by atoms with Gasteiger partial charge in [0.1, 0.15) is 0 Å². The second-order valence-electron chi connectivity index (χ2n) is 6.05. The van der Waals surface area contributed by atoms with E-state index in [0.29, 0.717) is 24.3 Å². The topological polar surface area (TPSA) is 67.5 Å². The Morgan fingerprint density at radius 1 is 1.29 bits per heavy atom. The fraction of sp³-hybridized carbons (Fsp3) is 0.647. The van der Waals surface area contributed by atoms with E-state index in [1.807, 2.05) is 12.1 Å². The first-order valence-corrected chi connectivity index (χ1v) is 8.14. The second-order valence-corrected chi connectivity index (χ2v) is 6.05. The number of hydrogen-bond acceptors (Lipinski definition) is 4. The van der Waals surface area contributed by atoms with Crippen LogP contribution >= 0.6 is 0 Å². The van der Waals surface area contributed by atoms with Gasteiger partial charge in [0.2, 0.25) is 0 Å². The molecule has 1 aliphatic rings. The summed E-state index contributed by atoms with van der Waals surface area (Å²) in [6.45, 7) is 3.72. The second kappa shape index (κ2) is 8.13. The number of benzene rings is 1. The third-order valence-electron chi connectivity index (χ3n) is 4.20. The number of ether oxygens (including phenoxy) is 1. The van der Waals surface area contributed by atoms with E-state index in [-0.39, 0.29) is 5.75 Å². The van der Waals surface area contributed by atoms with Crippen molar-refractivity contribution in [3.8, 4) is 11.5 Å². The summed E-state index contributed by atoms with van der Waals surface area (Å²) in [6, 6.07) is 5.94. The van der Waals surface area contributed by atoms with Crippen molar-refractivity contribution in [1.29, 1.82) is 0 Å². The van der Waals surface area contributed by atoms with E-state index < -0.39 is 0 Å². The van der Waals surface area contributed by atoms with Crippen LogP contribution in [0.5, 0.6) is 11.5 Å². The van der Waals surface area contributed by atoms with E-state index in [2.05, 4.69) is 12.2 Å². The molecular weight excluding hydrogens is 264 g/mol. The molecule has 1 aromatic carbocycles. The standard InChI is InChI=1S/C17H28N2O2/c1-2-3-10-21-17-9-8-15(11-16(17)20)19-12-13-4-6-14(18)7-5-13/h8-9,11,13-14,19-20H,2-7,10,12,18H2,1H3/t13-,14-. The van der Waals surface area contributed by atoms with Gasteiger partial charge in [-0.05, 0) is 50.2 Å². The number of aromatic hydroxyl groups is 1. The fourth-order valence-corrected chi connectivity index (χ4v) is 2.73. The molecule has 4 N–H and O–H groups in total. The van der Waals surface area contributed by atoms with E-state index in [1.54, 1.807) is 6.07 Å². The van der Waals surface area contributed by atoms with Crippen LogP contribution in [0.2, 0.25) is 0 Å². The van der Waals surface area contributed by atoms with Gasteiger partial charge >= 0.3 is 0 Å². The Morgan fingerprint density at radius 2 is 2.05 bits per heavy atom. The summed E-state index contributed by atoms with van der Waals surface area (Å²) in [4.78, 5) is 0. The van der Waals surface area contributed by atoms with Crippen LogP contribution in [0.4, 0.5) is 5.69 Å². The number of nitrogens with one attached hydrogen (secondary N) is 1. The molecule has 2 rings (SSSR count). The molecule has 4 heteroatoms. The first-order chi connectivity index (χ1) is 10.2. The van der Waals surface area contributed by atoms with Gasteiger partial charge in [-0.2, -0.15) is 0 Å². The van der Waals surface area contributed by atoms with E-state index in [1.165, 1.54) is 12.8 Å². The minimum Gasteiger partial charge on any atom is -0.504 e. The third-order valence-corrected chi connectivity index (χ3v) is 4.20. The maximum atomic E-state index is 9.98. The van der Waals surface area contributed by atoms with Crippen molar-refractivity contribution in [2.75, 3.05) is 18.5 Å². The van der Waals surface area contributed by atoms with Gasteiger partial charge in [-0.15, -0.1) is 0 Å². The molecule has 0 unspecified atom stereocenters. The van der Waals surface area contributed by atoms with Crippen molar-refractivity contribution in [1.82, 2.24) is 0 Å². The Labute approximate surface area is 127 Å². The highest BCUT2D eigenvalue weighted by atomic mass is 16.5. The first-order valence-electron chi connectivity index (χ1n) is 8.14. The SMILES string of the molecule is CCCCOc1ccc(NC[C@H]2CC[C@H](N)CC2)cc1O. The third kappa shape index (κ3) is 5.12. The Bertz CT molecular complexity index is 429. The first kappa shape index (κ1) is 16.0. The molecule has 0 bridgehead atoms. The molecule has 21 heavy (non-hydrogen) atoms. The van der Waals surface area contributed by atoms with Gasteiger partial charge in [-0.1, -0.05) is 13.3 Å². The molecule has 0 aromatic heterocycles. The molecule has 0 aliphatic heterocycles. The van der Waals surface area contributed by atoms with Crippen LogP contribution in [0, 0.1) is 5.92 Å². The Balaban J connectivity index is 1.79. The number of phenolic OH excluding ortho intramolecular Hbond substituents is 1. The van der Waals surface area contributed by atoms with Crippen LogP contribution in [0.3, 0.4) is 0 Å². The molecule has 1 fully saturated rings. The Hall–Kier alpha value is -1.42. The molecule has 1 aliphatic carbocycles. The molecule has 1 aromatic rings. The molecule has 4 nitrogen and oxygen atoms in total. The van der Waals surface area contributed by atoms with Gasteiger partial charge in [-0.25, -0.2) is 0 Å². The average Bonchev–Trinajstić information content (AvgIpc) is 2.49. The highest BCUT2D eigenvalue weighted by molar-refractivity contribution is 5.54. The highest BCUT2D eigenvalue weighted by Gasteiger charge is 2.18. The van der Waals surface area contributed by atoms with Gasteiger partial charge in [-0.3, -0.25) is 0 Å². The maximum absolute atomic E-state index is 9.98. The number of phenols is 1. The van der Waals surface area contributed by atoms with Crippen LogP contribution in [-0.2, 0) is 0 Å². The predicted octanol–water partition coefficient (Wildman–Crippen LogP) is 3.50. The number of nitrogens with two attached hydrogens (primary N) is 1. The number of unbranched alkanes of at least 4 members (excludes halogenated alkanes) is 1. The molecule has 1 saturated carbocycles. The van der Waals surface area contributed by atoms with Gasteiger partial charge in [0.05, 0.1) is 6.61 Å². The minimum absolute atomic E-state index is 0.210. The van der Waals surface area contributed by atoms with E-state index in [9.17, 15) is 5.11 Å². The number of anilines is 1. The van der Waals surface area contributed by atoms with E-state index >= 15 is 0 Å². The zero-order valence-electron chi connectivity index (χ0n) is 13.0. The Kier molecular flexibility index (Phi) is 6.18. The summed E-state index contributed by atoms with van der Waals surface area (Å²) in [5.74, 6) is 1.46. The molecule has 0 amide bonds. The zero-order valence-corrected chi connectivity index (χ0v) is 13.0. The van der Waals surface area contributed by atoms with Crippen LogP contribution in [0.25, 0.3) is 0 Å². The molecule has 118 valence electrons. The van der Waals surface area contributed by atoms with Crippen molar-refractivity contribution < 1.29 is 9.84 Å². The maximum Gasteiger partial charge on any atom is 0.161 e. The van der Waals surface area contributed by atoms with Crippen LogP contribution in [0.15, 0.2) is 18.2 Å². The van der Waals surface area contributed by atoms with Gasteiger partial charge in [0.15, 0.2) is 11.5 Å². The van der Waals surface area contributed by atoms with Gasteiger partial charge in [0, 0.05) is 24.3 Å². The lowest BCUT2D eigenvalue weighted by molar-refractivity contribution is 0.293. The smallest absolute Gasteiger partial charge is 0.161 e. The molecular formula is C17H28N2O2. The number of hydrogen-bond donors (Lipinski definition) is 3. The van der Waals surface area contributed by atoms with E-state index in [4.69, 9.17) is 10.5 Å². The summed E-state index contributed by atoms with van der Waals surface area (Å²) < 4.78 is 5.55. The summed E-state index contributed by atoms with van der Waals surface area (Å²) in [6.07, 6.45) is 6.73. The monoisotopic (exact) mass is 292 g/mol. The Morgan fingerprint density at radius 3 is 2.71 bits per heavy atom. The lowest BCUT2D eigenvalue weighted by atomic mass is 9.86. The van der Waals surface area contributed by atoms with Crippen molar-refractivity contribution in [2.24, 2.45) is 11.7 Å². The molecule has 0 atom stereocenters.